The highest BCUT2D eigenvalue weighted by Crippen LogP contribution is 2.49. The van der Waals surface area contributed by atoms with Gasteiger partial charge in [0, 0.05) is 30.9 Å². The van der Waals surface area contributed by atoms with Crippen LogP contribution in [0.3, 0.4) is 0 Å². The number of benzene rings is 3. The van der Waals surface area contributed by atoms with Crippen molar-refractivity contribution in [2.75, 3.05) is 52.0 Å². The number of carbonyl (C=O) groups excluding carboxylic acids is 4. The minimum Gasteiger partial charge on any atom is -0.487 e. The third kappa shape index (κ3) is 9.68. The Labute approximate surface area is 411 Å². The Morgan fingerprint density at radius 1 is 0.718 bits per heavy atom. The van der Waals surface area contributed by atoms with Gasteiger partial charge in [0.05, 0.1) is 85.7 Å². The first-order valence-electron chi connectivity index (χ1n) is 24.9. The molecular weight excluding hydrogens is 917 g/mol. The molecule has 5 aromatic rings. The second-order valence-corrected chi connectivity index (χ2v) is 20.3. The predicted molar refractivity (Wildman–Crippen MR) is 260 cm³/mol. The number of fused-ring (bicyclic) bond motifs is 2. The van der Waals surface area contributed by atoms with E-state index in [0.717, 1.165) is 41.4 Å². The molecular formula is C52H65F2N9O8. The van der Waals surface area contributed by atoms with Gasteiger partial charge in [-0.2, -0.15) is 0 Å². The normalized spacial score (nSPS) is 21.8. The monoisotopic (exact) mass is 981 g/mol. The maximum absolute atomic E-state index is 16.3. The third-order valence-corrected chi connectivity index (χ3v) is 15.1. The van der Waals surface area contributed by atoms with E-state index in [2.05, 4.69) is 25.5 Å². The Bertz CT molecular complexity index is 2620. The third-order valence-electron chi connectivity index (χ3n) is 15.1. The van der Waals surface area contributed by atoms with Crippen LogP contribution in [0.2, 0.25) is 0 Å². The number of carbonyl (C=O) groups is 4. The number of likely N-dealkylation sites (tertiary alicyclic amines) is 2. The molecule has 2 aromatic heterocycles. The minimum atomic E-state index is -0.799. The molecule has 1 unspecified atom stereocenters. The number of hydrogen-bond acceptors (Lipinski definition) is 11. The zero-order valence-electron chi connectivity index (χ0n) is 41.5. The number of nitrogens with one attached hydrogen (secondary N) is 4. The van der Waals surface area contributed by atoms with Crippen LogP contribution in [0.4, 0.5) is 24.1 Å². The molecule has 380 valence electrons. The van der Waals surface area contributed by atoms with E-state index in [4.69, 9.17) is 28.9 Å². The molecule has 4 aliphatic heterocycles. The fraction of sp³-hybridized carbons (Fsp3) is 0.538. The minimum absolute atomic E-state index is 0.134. The first-order valence-corrected chi connectivity index (χ1v) is 24.9. The van der Waals surface area contributed by atoms with Gasteiger partial charge in [-0.05, 0) is 92.2 Å². The SMILES string of the molecule is CCC1(COc2c(F)cc(N3[C@@H](c4ccc5nc([C@@H]6CCCN6C(=O)C(NC(=O)OC)C(C)C)[nH]c5c4)CC[C@@H]3c3ccc4nc([C@@H]5CCCN5C(=O)[C@@H](NC(=O)OC)C(C)C)[nH]c4c3)cc2F)COC1. The topological polar surface area (TPSA) is 196 Å². The van der Waals surface area contributed by atoms with Crippen molar-refractivity contribution in [3.63, 3.8) is 0 Å². The number of imidazole rings is 2. The summed E-state index contributed by atoms with van der Waals surface area (Å²) in [6.07, 6.45) is 3.63. The van der Waals surface area contributed by atoms with Gasteiger partial charge in [-0.1, -0.05) is 46.8 Å². The van der Waals surface area contributed by atoms with Crippen LogP contribution in [0.15, 0.2) is 48.5 Å². The molecule has 0 radical (unpaired) electrons. The highest BCUT2D eigenvalue weighted by Gasteiger charge is 2.42. The number of alkyl carbamates (subject to hydrolysis) is 2. The number of H-pyrrole nitrogens is 2. The van der Waals surface area contributed by atoms with Crippen molar-refractivity contribution >= 4 is 51.8 Å². The van der Waals surface area contributed by atoms with Gasteiger partial charge < -0.3 is 54.2 Å². The van der Waals surface area contributed by atoms with Crippen molar-refractivity contribution in [2.24, 2.45) is 17.3 Å². The van der Waals surface area contributed by atoms with Gasteiger partial charge in [0.2, 0.25) is 11.8 Å². The summed E-state index contributed by atoms with van der Waals surface area (Å²) in [5, 5.41) is 5.41. The van der Waals surface area contributed by atoms with E-state index in [1.54, 1.807) is 9.80 Å². The standard InChI is InChI=1S/C52H65F2N9O8/c1-8-52(25-70-26-52)27-71-45-33(53)23-32(24-34(45)54)63-39(30-13-15-35-37(21-30)57-46(55-35)41-11-9-19-61(41)48(64)43(28(2)3)59-50(66)68-6)17-18-40(63)31-14-16-36-38(22-31)58-47(56-36)42-12-10-20-62(42)49(65)44(29(4)5)60-51(67)69-7/h13-16,21-24,28-29,39-44H,8-12,17-20,25-27H2,1-7H3,(H,55,57)(H,56,58)(H,59,66)(H,60,67)/t39-,40-,41+,42+,43+,44?/m1/s1. The van der Waals surface area contributed by atoms with Crippen LogP contribution in [0, 0.1) is 28.9 Å². The lowest BCUT2D eigenvalue weighted by Gasteiger charge is -2.40. The van der Waals surface area contributed by atoms with E-state index in [-0.39, 0.29) is 59.8 Å². The molecule has 3 aromatic carbocycles. The van der Waals surface area contributed by atoms with Crippen LogP contribution in [-0.2, 0) is 23.8 Å². The van der Waals surface area contributed by atoms with Gasteiger partial charge >= 0.3 is 12.2 Å². The van der Waals surface area contributed by atoms with Crippen LogP contribution >= 0.6 is 0 Å². The van der Waals surface area contributed by atoms with Crippen molar-refractivity contribution in [3.8, 4) is 5.75 Å². The van der Waals surface area contributed by atoms with Crippen molar-refractivity contribution in [1.82, 2.24) is 40.4 Å². The van der Waals surface area contributed by atoms with Gasteiger partial charge in [-0.3, -0.25) is 9.59 Å². The Kier molecular flexibility index (Phi) is 14.2. The Morgan fingerprint density at radius 3 is 1.58 bits per heavy atom. The van der Waals surface area contributed by atoms with Crippen LogP contribution in [-0.4, -0.2) is 113 Å². The first-order chi connectivity index (χ1) is 34.1. The number of aromatic nitrogens is 4. The van der Waals surface area contributed by atoms with Crippen molar-refractivity contribution in [3.05, 3.63) is 82.9 Å². The van der Waals surface area contributed by atoms with E-state index >= 15 is 8.78 Å². The van der Waals surface area contributed by atoms with Gasteiger partial charge in [0.25, 0.3) is 0 Å². The second-order valence-electron chi connectivity index (χ2n) is 20.3. The van der Waals surface area contributed by atoms with Crippen LogP contribution in [0.5, 0.6) is 5.75 Å². The van der Waals surface area contributed by atoms with Gasteiger partial charge in [-0.15, -0.1) is 0 Å². The lowest BCUT2D eigenvalue weighted by molar-refractivity contribution is -0.136. The Balaban J connectivity index is 1.03. The predicted octanol–water partition coefficient (Wildman–Crippen LogP) is 8.69. The molecule has 4 aliphatic rings. The van der Waals surface area contributed by atoms with E-state index in [9.17, 15) is 19.2 Å². The fourth-order valence-corrected chi connectivity index (χ4v) is 10.9. The number of anilines is 1. The molecule has 6 atom stereocenters. The molecule has 9 rings (SSSR count). The van der Waals surface area contributed by atoms with Crippen LogP contribution in [0.1, 0.15) is 127 Å². The van der Waals surface area contributed by atoms with Gasteiger partial charge in [0.1, 0.15) is 23.7 Å². The zero-order chi connectivity index (χ0) is 50.3. The number of ether oxygens (including phenoxy) is 4. The van der Waals surface area contributed by atoms with Gasteiger partial charge in [0.15, 0.2) is 17.4 Å². The van der Waals surface area contributed by atoms with E-state index in [1.807, 2.05) is 71.0 Å². The Morgan fingerprint density at radius 2 is 1.18 bits per heavy atom. The summed E-state index contributed by atoms with van der Waals surface area (Å²) in [4.78, 5) is 74.8. The maximum Gasteiger partial charge on any atom is 0.407 e. The van der Waals surface area contributed by atoms with E-state index in [0.29, 0.717) is 80.4 Å². The Hall–Kier alpha value is -6.50. The summed E-state index contributed by atoms with van der Waals surface area (Å²) in [5.74, 6) is -1.51. The highest BCUT2D eigenvalue weighted by atomic mass is 19.1. The molecule has 4 saturated heterocycles. The molecule has 4 fully saturated rings. The summed E-state index contributed by atoms with van der Waals surface area (Å²) >= 11 is 0. The number of methoxy groups -OCH3 is 2. The average molecular weight is 982 g/mol. The molecule has 0 spiro atoms. The summed E-state index contributed by atoms with van der Waals surface area (Å²) in [7, 11) is 2.54. The zero-order valence-corrected chi connectivity index (χ0v) is 41.5. The fourth-order valence-electron chi connectivity index (χ4n) is 10.9. The van der Waals surface area contributed by atoms with E-state index < -0.39 is 41.7 Å². The molecule has 19 heteroatoms. The van der Waals surface area contributed by atoms with Crippen molar-refractivity contribution < 1.29 is 46.9 Å². The number of hydrogen-bond donors (Lipinski definition) is 4. The highest BCUT2D eigenvalue weighted by molar-refractivity contribution is 5.87. The molecule has 71 heavy (non-hydrogen) atoms. The van der Waals surface area contributed by atoms with Gasteiger partial charge in [-0.25, -0.2) is 28.3 Å². The first kappa shape index (κ1) is 49.5. The molecule has 0 aliphatic carbocycles. The quantitative estimate of drug-likeness (QED) is 0.0784. The average Bonchev–Trinajstić information content (AvgIpc) is 4.20. The van der Waals surface area contributed by atoms with Crippen molar-refractivity contribution in [1.29, 1.82) is 0 Å². The largest absolute Gasteiger partial charge is 0.487 e. The lowest BCUT2D eigenvalue weighted by atomic mass is 9.84. The molecule has 4 N–H and O–H groups in total. The molecule has 4 amide bonds. The van der Waals surface area contributed by atoms with Crippen molar-refractivity contribution in [2.45, 2.75) is 116 Å². The summed E-state index contributed by atoms with van der Waals surface area (Å²) in [6.45, 7) is 11.6. The molecule has 6 heterocycles. The summed E-state index contributed by atoms with van der Waals surface area (Å²) in [6, 6.07) is 11.8. The summed E-state index contributed by atoms with van der Waals surface area (Å²) in [5.41, 5.74) is 4.81. The number of amides is 4. The second kappa shape index (κ2) is 20.3. The molecule has 0 bridgehead atoms. The molecule has 17 nitrogen and oxygen atoms in total. The number of aromatic amines is 2. The smallest absolute Gasteiger partial charge is 0.407 e. The number of halogens is 2. The van der Waals surface area contributed by atoms with Crippen LogP contribution in [0.25, 0.3) is 22.1 Å². The number of nitrogens with zero attached hydrogens (tertiary/aromatic N) is 5. The maximum atomic E-state index is 16.3. The number of rotatable bonds is 15. The van der Waals surface area contributed by atoms with Crippen LogP contribution < -0.4 is 20.3 Å². The summed E-state index contributed by atoms with van der Waals surface area (Å²) < 4.78 is 53.5. The van der Waals surface area contributed by atoms with E-state index in [1.165, 1.54) is 26.4 Å². The molecule has 0 saturated carbocycles. The lowest BCUT2D eigenvalue weighted by Crippen LogP contribution is -2.51.